The lowest BCUT2D eigenvalue weighted by molar-refractivity contribution is -0.116. The summed E-state index contributed by atoms with van der Waals surface area (Å²) in [7, 11) is 0. The van der Waals surface area contributed by atoms with Crippen LogP contribution in [0.5, 0.6) is 5.75 Å². The maximum Gasteiger partial charge on any atom is 0.249 e. The summed E-state index contributed by atoms with van der Waals surface area (Å²) in [6, 6.07) is 13.9. The summed E-state index contributed by atoms with van der Waals surface area (Å²) in [6.45, 7) is 0.241. The molecule has 190 valence electrons. The lowest BCUT2D eigenvalue weighted by atomic mass is 9.75. The molecule has 0 radical (unpaired) electrons. The quantitative estimate of drug-likeness (QED) is 0.322. The average Bonchev–Trinajstić information content (AvgIpc) is 3.31. The van der Waals surface area contributed by atoms with Crippen LogP contribution in [0.15, 0.2) is 60.8 Å². The van der Waals surface area contributed by atoms with Crippen LogP contribution in [-0.2, 0) is 11.2 Å². The van der Waals surface area contributed by atoms with Gasteiger partial charge in [-0.2, -0.15) is 0 Å². The molecule has 1 unspecified atom stereocenters. The number of ketones is 1. The van der Waals surface area contributed by atoms with Crippen LogP contribution in [0.2, 0.25) is 5.02 Å². The van der Waals surface area contributed by atoms with Crippen molar-refractivity contribution < 1.29 is 23.1 Å². The van der Waals surface area contributed by atoms with E-state index in [-0.39, 0.29) is 24.3 Å². The molecule has 5 rings (SSSR count). The zero-order valence-electron chi connectivity index (χ0n) is 19.7. The molecule has 0 bridgehead atoms. The van der Waals surface area contributed by atoms with E-state index < -0.39 is 24.7 Å². The Morgan fingerprint density at radius 3 is 2.65 bits per heavy atom. The van der Waals surface area contributed by atoms with Gasteiger partial charge in [0, 0.05) is 48.6 Å². The molecule has 37 heavy (non-hydrogen) atoms. The van der Waals surface area contributed by atoms with Crippen molar-refractivity contribution in [1.82, 2.24) is 10.3 Å². The summed E-state index contributed by atoms with van der Waals surface area (Å²) in [6.07, 6.45) is 3.85. The smallest absolute Gasteiger partial charge is 0.249 e. The van der Waals surface area contributed by atoms with Crippen molar-refractivity contribution in [2.45, 2.75) is 31.3 Å². The molecule has 9 heteroatoms. The number of Topliss-reactive ketones (excluding diaryl/α,β-unsaturated/α-hetero) is 1. The number of nitrogens with zero attached hydrogens (tertiary/aromatic N) is 1. The first kappa shape index (κ1) is 24.9. The van der Waals surface area contributed by atoms with Gasteiger partial charge < -0.3 is 15.8 Å². The van der Waals surface area contributed by atoms with E-state index >= 15 is 0 Å². The fourth-order valence-electron chi connectivity index (χ4n) is 4.69. The average molecular weight is 524 g/mol. The van der Waals surface area contributed by atoms with Gasteiger partial charge in [0.1, 0.15) is 17.7 Å². The van der Waals surface area contributed by atoms with E-state index in [0.717, 1.165) is 16.7 Å². The number of nitrogen functional groups attached to an aromatic ring is 1. The van der Waals surface area contributed by atoms with E-state index in [9.17, 15) is 18.4 Å². The van der Waals surface area contributed by atoms with E-state index in [4.69, 9.17) is 22.1 Å². The molecule has 1 amide bonds. The minimum Gasteiger partial charge on any atom is -0.486 e. The van der Waals surface area contributed by atoms with Crippen molar-refractivity contribution in [2.24, 2.45) is 5.92 Å². The van der Waals surface area contributed by atoms with E-state index in [1.807, 2.05) is 6.07 Å². The first-order valence-corrected chi connectivity index (χ1v) is 12.2. The Morgan fingerprint density at radius 2 is 1.92 bits per heavy atom. The Labute approximate surface area is 217 Å². The van der Waals surface area contributed by atoms with Gasteiger partial charge in [-0.05, 0) is 41.0 Å². The number of fused-ring (bicyclic) bond motifs is 1. The number of amides is 1. The highest BCUT2D eigenvalue weighted by Gasteiger charge is 2.49. The van der Waals surface area contributed by atoms with Crippen LogP contribution >= 0.6 is 11.6 Å². The number of carbonyl (C=O) groups excluding carboxylic acids is 2. The van der Waals surface area contributed by atoms with Crippen molar-refractivity contribution in [1.29, 1.82) is 0 Å². The lowest BCUT2D eigenvalue weighted by Gasteiger charge is -2.34. The standard InChI is InChI=1S/C28H24ClF2N3O3/c29-23-8-7-20(19-3-1-2-4-21(19)26(36)17-12-28(30,31)13-17)22-11-18(37-27(22)23)15-34-25(35)10-6-16-5-9-24(32)33-14-16/h1-10,14,17-18H,11-13,15H2,(H2,32,33)(H,34,35)/b10-6+. The molecule has 2 aliphatic rings. The van der Waals surface area contributed by atoms with Crippen molar-refractivity contribution in [3.8, 4) is 16.9 Å². The van der Waals surface area contributed by atoms with Gasteiger partial charge in [0.15, 0.2) is 5.78 Å². The minimum absolute atomic E-state index is 0.241. The van der Waals surface area contributed by atoms with Crippen LogP contribution in [-0.4, -0.2) is 35.2 Å². The van der Waals surface area contributed by atoms with Gasteiger partial charge in [-0.25, -0.2) is 13.8 Å². The Balaban J connectivity index is 1.30. The molecule has 1 atom stereocenters. The van der Waals surface area contributed by atoms with E-state index in [0.29, 0.717) is 34.1 Å². The first-order chi connectivity index (χ1) is 17.7. The van der Waals surface area contributed by atoms with Crippen LogP contribution in [0.1, 0.15) is 34.3 Å². The van der Waals surface area contributed by atoms with E-state index in [1.54, 1.807) is 54.7 Å². The topological polar surface area (TPSA) is 94.3 Å². The fraction of sp³-hybridized carbons (Fsp3) is 0.250. The number of rotatable bonds is 7. The molecule has 6 nitrogen and oxygen atoms in total. The van der Waals surface area contributed by atoms with Gasteiger partial charge in [-0.3, -0.25) is 9.59 Å². The number of nitrogens with two attached hydrogens (primary N) is 1. The summed E-state index contributed by atoms with van der Waals surface area (Å²) < 4.78 is 32.9. The Kier molecular flexibility index (Phi) is 6.69. The number of alkyl halides is 2. The third-order valence-corrected chi connectivity index (χ3v) is 6.91. The van der Waals surface area contributed by atoms with Crippen LogP contribution in [0.3, 0.4) is 0 Å². The number of nitrogens with one attached hydrogen (secondary N) is 1. The molecular weight excluding hydrogens is 500 g/mol. The second-order valence-corrected chi connectivity index (χ2v) is 9.72. The number of carbonyl (C=O) groups is 2. The molecule has 0 spiro atoms. The number of hydrogen-bond acceptors (Lipinski definition) is 5. The van der Waals surface area contributed by atoms with E-state index in [2.05, 4.69) is 10.3 Å². The van der Waals surface area contributed by atoms with Crippen molar-refractivity contribution >= 4 is 35.2 Å². The minimum atomic E-state index is -2.77. The number of hydrogen-bond donors (Lipinski definition) is 2. The molecule has 2 aromatic carbocycles. The molecule has 0 saturated heterocycles. The van der Waals surface area contributed by atoms with Crippen LogP contribution in [0.4, 0.5) is 14.6 Å². The highest BCUT2D eigenvalue weighted by molar-refractivity contribution is 6.32. The molecule has 1 fully saturated rings. The second-order valence-electron chi connectivity index (χ2n) is 9.31. The second kappa shape index (κ2) is 9.94. The first-order valence-electron chi connectivity index (χ1n) is 11.9. The van der Waals surface area contributed by atoms with Gasteiger partial charge in [0.2, 0.25) is 11.8 Å². The van der Waals surface area contributed by atoms with Crippen molar-refractivity contribution in [3.63, 3.8) is 0 Å². The van der Waals surface area contributed by atoms with Gasteiger partial charge >= 0.3 is 0 Å². The molecule has 3 aromatic rings. The fourth-order valence-corrected chi connectivity index (χ4v) is 4.91. The highest BCUT2D eigenvalue weighted by Crippen LogP contribution is 2.46. The zero-order valence-corrected chi connectivity index (χ0v) is 20.5. The highest BCUT2D eigenvalue weighted by atomic mass is 35.5. The van der Waals surface area contributed by atoms with Gasteiger partial charge in [-0.15, -0.1) is 0 Å². The molecular formula is C28H24ClF2N3O3. The number of anilines is 1. The molecule has 3 N–H and O–H groups in total. The Morgan fingerprint density at radius 1 is 1.14 bits per heavy atom. The number of halogens is 3. The third-order valence-electron chi connectivity index (χ3n) is 6.61. The SMILES string of the molecule is Nc1ccc(/C=C/C(=O)NCC2Cc3c(-c4ccccc4C(=O)C4CC(F)(F)C4)ccc(Cl)c3O2)cn1. The van der Waals surface area contributed by atoms with Crippen LogP contribution in [0.25, 0.3) is 17.2 Å². The van der Waals surface area contributed by atoms with Gasteiger partial charge in [0.25, 0.3) is 0 Å². The lowest BCUT2D eigenvalue weighted by Crippen LogP contribution is -2.40. The molecule has 1 saturated carbocycles. The number of pyridine rings is 1. The summed E-state index contributed by atoms with van der Waals surface area (Å²) in [4.78, 5) is 29.3. The number of aromatic nitrogens is 1. The van der Waals surface area contributed by atoms with Gasteiger partial charge in [-0.1, -0.05) is 41.9 Å². The van der Waals surface area contributed by atoms with Crippen molar-refractivity contribution in [3.05, 3.63) is 82.5 Å². The summed E-state index contributed by atoms with van der Waals surface area (Å²) >= 11 is 6.41. The normalized spacial score (nSPS) is 18.2. The maximum absolute atomic E-state index is 13.4. The molecule has 2 heterocycles. The van der Waals surface area contributed by atoms with E-state index in [1.165, 1.54) is 6.08 Å². The third kappa shape index (κ3) is 5.34. The predicted molar refractivity (Wildman–Crippen MR) is 138 cm³/mol. The summed E-state index contributed by atoms with van der Waals surface area (Å²) in [5.41, 5.74) is 8.95. The Bertz CT molecular complexity index is 1380. The number of ether oxygens (including phenoxy) is 1. The molecule has 1 aliphatic carbocycles. The summed E-state index contributed by atoms with van der Waals surface area (Å²) in [5.74, 6) is -3.14. The van der Waals surface area contributed by atoms with Crippen LogP contribution < -0.4 is 15.8 Å². The predicted octanol–water partition coefficient (Wildman–Crippen LogP) is 5.35. The molecule has 1 aliphatic heterocycles. The number of benzene rings is 2. The summed E-state index contributed by atoms with van der Waals surface area (Å²) in [5, 5.41) is 3.25. The molecule has 1 aromatic heterocycles. The maximum atomic E-state index is 13.4. The van der Waals surface area contributed by atoms with Crippen molar-refractivity contribution in [2.75, 3.05) is 12.3 Å². The van der Waals surface area contributed by atoms with Gasteiger partial charge in [0.05, 0.1) is 11.6 Å². The van der Waals surface area contributed by atoms with Crippen LogP contribution in [0, 0.1) is 5.92 Å². The zero-order chi connectivity index (χ0) is 26.2. The largest absolute Gasteiger partial charge is 0.486 e. The monoisotopic (exact) mass is 523 g/mol. The Hall–Kier alpha value is -3.78.